The Labute approximate surface area is 94.0 Å². The predicted octanol–water partition coefficient (Wildman–Crippen LogP) is 4.24. The molecular weight excluding hydrogens is 212 g/mol. The van der Waals surface area contributed by atoms with E-state index in [0.717, 1.165) is 5.75 Å². The molecule has 0 heterocycles. The van der Waals surface area contributed by atoms with Crippen LogP contribution < -0.4 is 4.74 Å². The van der Waals surface area contributed by atoms with Gasteiger partial charge in [-0.3, -0.25) is 0 Å². The lowest BCUT2D eigenvalue weighted by molar-refractivity contribution is 0.414. The summed E-state index contributed by atoms with van der Waals surface area (Å²) in [5.74, 6) is 2.15. The quantitative estimate of drug-likeness (QED) is 0.532. The normalized spacial score (nSPS) is 10.1. The Morgan fingerprint density at radius 1 is 1.21 bits per heavy atom. The lowest BCUT2D eigenvalue weighted by Gasteiger charge is -2.02. The zero-order valence-electron chi connectivity index (χ0n) is 8.66. The van der Waals surface area contributed by atoms with Crippen LogP contribution in [0.4, 0.5) is 0 Å². The van der Waals surface area contributed by atoms with E-state index >= 15 is 0 Å². The second-order valence-electron chi connectivity index (χ2n) is 2.93. The van der Waals surface area contributed by atoms with Crippen LogP contribution in [0, 0.1) is 0 Å². The number of methoxy groups -OCH3 is 1. The average Bonchev–Trinajstić information content (AvgIpc) is 2.25. The topological polar surface area (TPSA) is 9.23 Å². The second kappa shape index (κ2) is 7.07. The van der Waals surface area contributed by atoms with Crippen molar-refractivity contribution < 1.29 is 4.74 Å². The summed E-state index contributed by atoms with van der Waals surface area (Å²) in [7, 11) is 5.45. The highest BCUT2D eigenvalue weighted by Gasteiger charge is 1.95. The predicted molar refractivity (Wildman–Crippen MR) is 66.2 cm³/mol. The number of hydrogen-bond donors (Lipinski definition) is 0. The Morgan fingerprint density at radius 3 is 2.50 bits per heavy atom. The molecule has 3 heteroatoms. The third-order valence-electron chi connectivity index (χ3n) is 1.80. The minimum atomic E-state index is 0.924. The van der Waals surface area contributed by atoms with E-state index in [1.165, 1.54) is 23.5 Å². The largest absolute Gasteiger partial charge is 0.497 e. The molecule has 1 rings (SSSR count). The summed E-state index contributed by atoms with van der Waals surface area (Å²) in [4.78, 5) is 1.30. The van der Waals surface area contributed by atoms with E-state index in [1.807, 2.05) is 33.7 Å². The molecule has 0 atom stereocenters. The summed E-state index contributed by atoms with van der Waals surface area (Å²) in [6.45, 7) is 2.22. The van der Waals surface area contributed by atoms with Crippen LogP contribution in [0.5, 0.6) is 5.75 Å². The van der Waals surface area contributed by atoms with Crippen LogP contribution in [0.15, 0.2) is 29.2 Å². The zero-order chi connectivity index (χ0) is 10.2. The van der Waals surface area contributed by atoms with Gasteiger partial charge in [0.05, 0.1) is 7.11 Å². The van der Waals surface area contributed by atoms with Crippen LogP contribution in [0.2, 0.25) is 0 Å². The van der Waals surface area contributed by atoms with Gasteiger partial charge in [-0.05, 0) is 30.7 Å². The van der Waals surface area contributed by atoms with Crippen LogP contribution in [0.1, 0.15) is 19.8 Å². The van der Waals surface area contributed by atoms with Crippen molar-refractivity contribution in [2.45, 2.75) is 24.7 Å². The van der Waals surface area contributed by atoms with Crippen LogP contribution in [-0.2, 0) is 0 Å². The molecule has 0 saturated heterocycles. The first kappa shape index (κ1) is 11.8. The van der Waals surface area contributed by atoms with E-state index in [0.29, 0.717) is 0 Å². The molecule has 0 spiro atoms. The van der Waals surface area contributed by atoms with Gasteiger partial charge in [0.25, 0.3) is 0 Å². The molecule has 0 unspecified atom stereocenters. The molecule has 0 amide bonds. The SMILES string of the molecule is CCCCSSc1ccc(OC)cc1. The molecule has 0 aliphatic carbocycles. The maximum absolute atomic E-state index is 5.10. The molecule has 1 aromatic rings. The second-order valence-corrected chi connectivity index (χ2v) is 5.42. The molecule has 78 valence electrons. The first-order chi connectivity index (χ1) is 6.86. The summed E-state index contributed by atoms with van der Waals surface area (Å²) in [6.07, 6.45) is 2.57. The number of ether oxygens (including phenoxy) is 1. The van der Waals surface area contributed by atoms with Gasteiger partial charge < -0.3 is 4.74 Å². The van der Waals surface area contributed by atoms with Gasteiger partial charge in [0, 0.05) is 10.6 Å². The van der Waals surface area contributed by atoms with Gasteiger partial charge in [-0.1, -0.05) is 34.9 Å². The first-order valence-corrected chi connectivity index (χ1v) is 7.12. The minimum absolute atomic E-state index is 0.924. The number of unbranched alkanes of at least 4 members (excludes halogenated alkanes) is 1. The fourth-order valence-corrected chi connectivity index (χ4v) is 3.16. The van der Waals surface area contributed by atoms with Crippen molar-refractivity contribution in [3.05, 3.63) is 24.3 Å². The summed E-state index contributed by atoms with van der Waals surface area (Å²) < 4.78 is 5.10. The van der Waals surface area contributed by atoms with Crippen molar-refractivity contribution in [3.8, 4) is 5.75 Å². The van der Waals surface area contributed by atoms with Crippen molar-refractivity contribution in [1.82, 2.24) is 0 Å². The van der Waals surface area contributed by atoms with E-state index < -0.39 is 0 Å². The molecule has 0 fully saturated rings. The maximum atomic E-state index is 5.10. The molecule has 0 bridgehead atoms. The highest BCUT2D eigenvalue weighted by molar-refractivity contribution is 8.76. The Kier molecular flexibility index (Phi) is 5.96. The van der Waals surface area contributed by atoms with Crippen LogP contribution in [0.3, 0.4) is 0 Å². The number of rotatable bonds is 6. The van der Waals surface area contributed by atoms with Crippen LogP contribution in [0.25, 0.3) is 0 Å². The van der Waals surface area contributed by atoms with Crippen molar-refractivity contribution in [2.75, 3.05) is 12.9 Å². The van der Waals surface area contributed by atoms with Crippen molar-refractivity contribution in [3.63, 3.8) is 0 Å². The van der Waals surface area contributed by atoms with Crippen molar-refractivity contribution >= 4 is 21.6 Å². The zero-order valence-corrected chi connectivity index (χ0v) is 10.3. The molecule has 0 aliphatic rings. The van der Waals surface area contributed by atoms with Gasteiger partial charge in [-0.15, -0.1) is 0 Å². The lowest BCUT2D eigenvalue weighted by atomic mass is 10.3. The smallest absolute Gasteiger partial charge is 0.118 e. The maximum Gasteiger partial charge on any atom is 0.118 e. The molecule has 1 aromatic carbocycles. The molecule has 0 saturated carbocycles. The standard InChI is InChI=1S/C11H16OS2/c1-3-4-9-13-14-11-7-5-10(12-2)6-8-11/h5-8H,3-4,9H2,1-2H3. The van der Waals surface area contributed by atoms with E-state index in [4.69, 9.17) is 4.74 Å². The Balaban J connectivity index is 2.29. The third kappa shape index (κ3) is 4.29. The third-order valence-corrected chi connectivity index (χ3v) is 4.26. The molecular formula is C11H16OS2. The monoisotopic (exact) mass is 228 g/mol. The average molecular weight is 228 g/mol. The number of benzene rings is 1. The lowest BCUT2D eigenvalue weighted by Crippen LogP contribution is -1.80. The van der Waals surface area contributed by atoms with Gasteiger partial charge >= 0.3 is 0 Å². The van der Waals surface area contributed by atoms with E-state index in [9.17, 15) is 0 Å². The highest BCUT2D eigenvalue weighted by atomic mass is 33.1. The molecule has 14 heavy (non-hydrogen) atoms. The fourth-order valence-electron chi connectivity index (χ4n) is 0.944. The van der Waals surface area contributed by atoms with Gasteiger partial charge in [0.15, 0.2) is 0 Å². The van der Waals surface area contributed by atoms with E-state index in [1.54, 1.807) is 7.11 Å². The Morgan fingerprint density at radius 2 is 1.93 bits per heavy atom. The Hall–Kier alpha value is -0.280. The highest BCUT2D eigenvalue weighted by Crippen LogP contribution is 2.32. The summed E-state index contributed by atoms with van der Waals surface area (Å²) >= 11 is 0. The van der Waals surface area contributed by atoms with Gasteiger partial charge in [0.1, 0.15) is 5.75 Å². The van der Waals surface area contributed by atoms with Crippen molar-refractivity contribution in [1.29, 1.82) is 0 Å². The molecule has 0 N–H and O–H groups in total. The summed E-state index contributed by atoms with van der Waals surface area (Å²) in [5, 5.41) is 0. The molecule has 0 aliphatic heterocycles. The fraction of sp³-hybridized carbons (Fsp3) is 0.455. The van der Waals surface area contributed by atoms with Gasteiger partial charge in [0.2, 0.25) is 0 Å². The summed E-state index contributed by atoms with van der Waals surface area (Å²) in [6, 6.07) is 8.20. The van der Waals surface area contributed by atoms with Gasteiger partial charge in [-0.2, -0.15) is 0 Å². The summed E-state index contributed by atoms with van der Waals surface area (Å²) in [5.41, 5.74) is 0. The van der Waals surface area contributed by atoms with Crippen LogP contribution >= 0.6 is 21.6 Å². The minimum Gasteiger partial charge on any atom is -0.497 e. The Bertz CT molecular complexity index is 246. The first-order valence-electron chi connectivity index (χ1n) is 4.80. The molecule has 0 aromatic heterocycles. The van der Waals surface area contributed by atoms with E-state index in [2.05, 4.69) is 19.1 Å². The van der Waals surface area contributed by atoms with Crippen molar-refractivity contribution in [2.24, 2.45) is 0 Å². The van der Waals surface area contributed by atoms with E-state index in [-0.39, 0.29) is 0 Å². The number of hydrogen-bond acceptors (Lipinski definition) is 3. The molecule has 1 nitrogen and oxygen atoms in total. The van der Waals surface area contributed by atoms with Gasteiger partial charge in [-0.25, -0.2) is 0 Å². The molecule has 0 radical (unpaired) electrons. The van der Waals surface area contributed by atoms with Crippen LogP contribution in [-0.4, -0.2) is 12.9 Å².